The van der Waals surface area contributed by atoms with Crippen molar-refractivity contribution in [1.82, 2.24) is 10.6 Å². The van der Waals surface area contributed by atoms with Crippen molar-refractivity contribution in [3.8, 4) is 0 Å². The second-order valence-corrected chi connectivity index (χ2v) is 9.82. The molecule has 0 rings (SSSR count). The number of amides is 2. The third kappa shape index (κ3) is 49.8. The maximum absolute atomic E-state index is 11.3. The van der Waals surface area contributed by atoms with Gasteiger partial charge in [-0.05, 0) is 83.1 Å². The van der Waals surface area contributed by atoms with Gasteiger partial charge in [0, 0.05) is 16.6 Å². The van der Waals surface area contributed by atoms with Crippen LogP contribution in [-0.4, -0.2) is 34.3 Å². The molecule has 0 spiro atoms. The van der Waals surface area contributed by atoms with E-state index in [1.54, 1.807) is 0 Å². The molecule has 0 unspecified atom stereocenters. The highest BCUT2D eigenvalue weighted by molar-refractivity contribution is 5.75. The fourth-order valence-electron chi connectivity index (χ4n) is 0.849. The van der Waals surface area contributed by atoms with Crippen LogP contribution in [-0.2, 0) is 4.79 Å². The number of hydrogen-bond acceptors (Lipinski definition) is 4. The van der Waals surface area contributed by atoms with Gasteiger partial charge in [0.25, 0.3) is 0 Å². The van der Waals surface area contributed by atoms with Gasteiger partial charge in [-0.1, -0.05) is 0 Å². The molecule has 0 heterocycles. The summed E-state index contributed by atoms with van der Waals surface area (Å²) in [5, 5.41) is 5.65. The molecule has 0 aromatic heterocycles. The summed E-state index contributed by atoms with van der Waals surface area (Å²) in [5.74, 6) is 0. The molecule has 24 heavy (non-hydrogen) atoms. The molecule has 0 aliphatic rings. The van der Waals surface area contributed by atoms with E-state index < -0.39 is 0 Å². The summed E-state index contributed by atoms with van der Waals surface area (Å²) < 4.78 is 0. The van der Waals surface area contributed by atoms with Crippen LogP contribution in [0.25, 0.3) is 0 Å². The van der Waals surface area contributed by atoms with Crippen molar-refractivity contribution in [2.45, 2.75) is 105 Å². The first-order valence-electron chi connectivity index (χ1n) is 8.14. The topological polar surface area (TPSA) is 96.6 Å². The lowest BCUT2D eigenvalue weighted by molar-refractivity contribution is 0.223. The van der Waals surface area contributed by atoms with Crippen LogP contribution in [0.5, 0.6) is 0 Å². The highest BCUT2D eigenvalue weighted by atomic mass is 16.2. The zero-order valence-corrected chi connectivity index (χ0v) is 17.8. The van der Waals surface area contributed by atoms with Crippen molar-refractivity contribution in [1.29, 1.82) is 0 Å². The zero-order valence-electron chi connectivity index (χ0n) is 17.8. The van der Waals surface area contributed by atoms with Crippen LogP contribution < -0.4 is 16.4 Å². The van der Waals surface area contributed by atoms with E-state index >= 15 is 0 Å². The molecule has 6 nitrogen and oxygen atoms in total. The molecule has 2 amide bonds. The highest BCUT2D eigenvalue weighted by Gasteiger charge is 2.18. The van der Waals surface area contributed by atoms with Crippen LogP contribution in [0.15, 0.2) is 4.99 Å². The summed E-state index contributed by atoms with van der Waals surface area (Å²) in [7, 11) is 0. The van der Waals surface area contributed by atoms with E-state index in [0.717, 1.165) is 0 Å². The molecule has 0 saturated heterocycles. The van der Waals surface area contributed by atoms with Crippen molar-refractivity contribution in [2.24, 2.45) is 10.7 Å². The third-order valence-corrected chi connectivity index (χ3v) is 1.36. The van der Waals surface area contributed by atoms with Gasteiger partial charge in [0.15, 0.2) is 0 Å². The summed E-state index contributed by atoms with van der Waals surface area (Å²) >= 11 is 0. The Morgan fingerprint density at radius 3 is 1.12 bits per heavy atom. The first-order chi connectivity index (χ1) is 10.2. The average molecular weight is 345 g/mol. The average Bonchev–Trinajstić information content (AvgIpc) is 2.05. The van der Waals surface area contributed by atoms with Crippen molar-refractivity contribution in [3.63, 3.8) is 0 Å². The molecule has 0 radical (unpaired) electrons. The lowest BCUT2D eigenvalue weighted by Gasteiger charge is -2.26. The highest BCUT2D eigenvalue weighted by Crippen LogP contribution is 2.03. The Balaban J connectivity index is -0.000000311. The molecule has 144 valence electrons. The summed E-state index contributed by atoms with van der Waals surface area (Å²) in [6, 6.07) is -0.116. The number of hydrogen-bond donors (Lipinski definition) is 3. The molecule has 6 heteroatoms. The molecule has 0 aliphatic carbocycles. The van der Waals surface area contributed by atoms with E-state index in [-0.39, 0.29) is 28.2 Å². The summed E-state index contributed by atoms with van der Waals surface area (Å²) in [4.78, 5) is 24.2. The smallest absolute Gasteiger partial charge is 0.315 e. The second-order valence-electron chi connectivity index (χ2n) is 9.82. The predicted octanol–water partition coefficient (Wildman–Crippen LogP) is 3.75. The van der Waals surface area contributed by atoms with E-state index in [1.165, 1.54) is 6.08 Å². The van der Waals surface area contributed by atoms with Crippen LogP contribution in [0, 0.1) is 0 Å². The predicted molar refractivity (Wildman–Crippen MR) is 103 cm³/mol. The van der Waals surface area contributed by atoms with Gasteiger partial charge < -0.3 is 16.4 Å². The van der Waals surface area contributed by atoms with Crippen LogP contribution in [0.2, 0.25) is 0 Å². The minimum Gasteiger partial charge on any atom is -0.334 e. The number of rotatable bonds is 0. The fourth-order valence-corrected chi connectivity index (χ4v) is 0.849. The fraction of sp³-hybridized carbons (Fsp3) is 0.889. The van der Waals surface area contributed by atoms with E-state index in [1.807, 2.05) is 83.1 Å². The number of nitrogens with two attached hydrogens (primary N) is 1. The normalized spacial score (nSPS) is 11.7. The van der Waals surface area contributed by atoms with Crippen LogP contribution >= 0.6 is 0 Å². The van der Waals surface area contributed by atoms with Gasteiger partial charge in [0.2, 0.25) is 6.08 Å². The number of carbonyl (C=O) groups excluding carboxylic acids is 2. The van der Waals surface area contributed by atoms with Gasteiger partial charge >= 0.3 is 6.03 Å². The van der Waals surface area contributed by atoms with Crippen molar-refractivity contribution in [2.75, 3.05) is 0 Å². The number of nitrogens with zero attached hydrogens (tertiary/aromatic N) is 1. The molecule has 0 bridgehead atoms. The Morgan fingerprint density at radius 2 is 1.04 bits per heavy atom. The molecule has 0 aromatic rings. The van der Waals surface area contributed by atoms with Gasteiger partial charge in [0.05, 0.1) is 5.54 Å². The number of nitrogens with one attached hydrogen (secondary N) is 2. The monoisotopic (exact) mass is 344 g/mol. The summed E-state index contributed by atoms with van der Waals surface area (Å²) in [6.07, 6.45) is 1.48. The molecule has 0 aliphatic heterocycles. The third-order valence-electron chi connectivity index (χ3n) is 1.36. The Kier molecular flexibility index (Phi) is 12.0. The maximum Gasteiger partial charge on any atom is 0.315 e. The Morgan fingerprint density at radius 1 is 0.792 bits per heavy atom. The molecule has 0 fully saturated rings. The van der Waals surface area contributed by atoms with Gasteiger partial charge in [-0.3, -0.25) is 0 Å². The Labute approximate surface area is 149 Å². The molecule has 4 N–H and O–H groups in total. The molecular weight excluding hydrogens is 304 g/mol. The van der Waals surface area contributed by atoms with Crippen LogP contribution in [0.4, 0.5) is 4.79 Å². The number of aliphatic imine (C=N–C) groups is 1. The maximum atomic E-state index is 11.3. The molecule has 0 aromatic carbocycles. The summed E-state index contributed by atoms with van der Waals surface area (Å²) in [6.45, 7) is 23.2. The standard InChI is InChI=1S/C9H20N2O.C5H9NO.C4H11N/c1-8(2,3)10-7(12)11-9(4,5)6;1-5(2,3)6-4-7;1-4(2,3)5/h1-6H3,(H2,10,11,12);1-3H3;5H2,1-3H3. The molecule has 0 atom stereocenters. The zero-order chi connectivity index (χ0) is 20.4. The second kappa shape index (κ2) is 10.5. The van der Waals surface area contributed by atoms with E-state index in [9.17, 15) is 9.59 Å². The first kappa shape index (κ1) is 27.5. The first-order valence-corrected chi connectivity index (χ1v) is 8.14. The Hall–Kier alpha value is -1.39. The Bertz CT molecular complexity index is 375. The van der Waals surface area contributed by atoms with E-state index in [0.29, 0.717) is 0 Å². The van der Waals surface area contributed by atoms with Crippen molar-refractivity contribution in [3.05, 3.63) is 0 Å². The van der Waals surface area contributed by atoms with Gasteiger partial charge in [-0.2, -0.15) is 0 Å². The number of isocyanates is 1. The number of carbonyl (C=O) groups is 1. The quantitative estimate of drug-likeness (QED) is 0.461. The SMILES string of the molecule is CC(C)(C)N.CC(C)(C)N=C=O.CC(C)(C)NC(=O)NC(C)(C)C. The lowest BCUT2D eigenvalue weighted by Crippen LogP contribution is -2.52. The molecule has 0 saturated carbocycles. The largest absolute Gasteiger partial charge is 0.334 e. The van der Waals surface area contributed by atoms with Gasteiger partial charge in [0.1, 0.15) is 0 Å². The minimum absolute atomic E-state index is 0. The van der Waals surface area contributed by atoms with Crippen LogP contribution in [0.3, 0.4) is 0 Å². The van der Waals surface area contributed by atoms with Crippen LogP contribution in [0.1, 0.15) is 83.1 Å². The minimum atomic E-state index is -0.248. The van der Waals surface area contributed by atoms with E-state index in [2.05, 4.69) is 15.6 Å². The number of urea groups is 1. The van der Waals surface area contributed by atoms with Gasteiger partial charge in [-0.15, -0.1) is 0 Å². The van der Waals surface area contributed by atoms with Gasteiger partial charge in [-0.25, -0.2) is 14.6 Å². The van der Waals surface area contributed by atoms with E-state index in [4.69, 9.17) is 5.73 Å². The van der Waals surface area contributed by atoms with Crippen molar-refractivity contribution >= 4 is 12.1 Å². The molecular formula is C18H40N4O2. The van der Waals surface area contributed by atoms with Crippen molar-refractivity contribution < 1.29 is 9.59 Å². The summed E-state index contributed by atoms with van der Waals surface area (Å²) in [5.41, 5.74) is 4.76. The lowest BCUT2D eigenvalue weighted by atomic mass is 10.1.